The molecule has 3 aromatic rings. The van der Waals surface area contributed by atoms with Crippen molar-refractivity contribution in [2.45, 2.75) is 67.6 Å². The van der Waals surface area contributed by atoms with Crippen LogP contribution in [0.5, 0.6) is 23.0 Å². The fourth-order valence-electron chi connectivity index (χ4n) is 5.87. The van der Waals surface area contributed by atoms with Crippen molar-refractivity contribution in [2.24, 2.45) is 0 Å². The molecule has 8 nitrogen and oxygen atoms in total. The van der Waals surface area contributed by atoms with Gasteiger partial charge < -0.3 is 29.2 Å². The molecule has 248 valence electrons. The number of benzene rings is 3. The second kappa shape index (κ2) is 16.0. The number of nitrogens with zero attached hydrogens (tertiary/aromatic N) is 1. The Kier molecular flexibility index (Phi) is 12.1. The van der Waals surface area contributed by atoms with Gasteiger partial charge in [0, 0.05) is 24.3 Å². The first-order chi connectivity index (χ1) is 22.1. The summed E-state index contributed by atoms with van der Waals surface area (Å²) in [6.45, 7) is 0.307. The van der Waals surface area contributed by atoms with Crippen LogP contribution in [0, 0.1) is 0 Å². The molecule has 2 saturated heterocycles. The summed E-state index contributed by atoms with van der Waals surface area (Å²) in [6.07, 6.45) is 4.37. The van der Waals surface area contributed by atoms with Crippen molar-refractivity contribution in [3.05, 3.63) is 77.4 Å². The second-order valence-electron chi connectivity index (χ2n) is 10.8. The lowest BCUT2D eigenvalue weighted by molar-refractivity contribution is -0.137. The summed E-state index contributed by atoms with van der Waals surface area (Å²) in [5, 5.41) is 2.98. The Labute approximate surface area is 271 Å². The van der Waals surface area contributed by atoms with E-state index in [1.54, 1.807) is 45.5 Å². The van der Waals surface area contributed by atoms with Gasteiger partial charge in [-0.1, -0.05) is 24.3 Å². The van der Waals surface area contributed by atoms with Crippen molar-refractivity contribution in [3.8, 4) is 23.0 Å². The molecule has 0 spiro atoms. The number of piperidine rings is 2. The van der Waals surface area contributed by atoms with Gasteiger partial charge in [0.05, 0.1) is 51.6 Å². The van der Waals surface area contributed by atoms with E-state index in [1.165, 1.54) is 12.1 Å². The number of carbonyl (C=O) groups is 2. The average Bonchev–Trinajstić information content (AvgIpc) is 3.05. The van der Waals surface area contributed by atoms with Crippen molar-refractivity contribution >= 4 is 23.6 Å². The highest BCUT2D eigenvalue weighted by Gasteiger charge is 2.34. The average molecular weight is 661 g/mol. The van der Waals surface area contributed by atoms with E-state index in [0.29, 0.717) is 30.9 Å². The zero-order valence-electron chi connectivity index (χ0n) is 26.3. The number of hydrogen-bond acceptors (Lipinski definition) is 7. The highest BCUT2D eigenvalue weighted by atomic mass is 32.2. The van der Waals surface area contributed by atoms with Crippen molar-refractivity contribution in [2.75, 3.05) is 28.4 Å². The zero-order valence-corrected chi connectivity index (χ0v) is 27.1. The van der Waals surface area contributed by atoms with Crippen molar-refractivity contribution < 1.29 is 41.7 Å². The molecule has 0 aliphatic carbocycles. The molecule has 2 atom stereocenters. The minimum atomic E-state index is -4.32. The molecule has 2 amide bonds. The van der Waals surface area contributed by atoms with Crippen LogP contribution in [0.2, 0.25) is 0 Å². The third kappa shape index (κ3) is 8.80. The molecule has 2 unspecified atom stereocenters. The molecule has 2 aliphatic heterocycles. The topological polar surface area (TPSA) is 86.3 Å². The van der Waals surface area contributed by atoms with Crippen LogP contribution in [0.15, 0.2) is 65.6 Å². The molecule has 0 radical (unpaired) electrons. The molecule has 3 aromatic carbocycles. The van der Waals surface area contributed by atoms with Crippen molar-refractivity contribution in [1.29, 1.82) is 0 Å². The first-order valence-corrected chi connectivity index (χ1v) is 15.8. The van der Waals surface area contributed by atoms with Gasteiger partial charge in [-0.05, 0) is 79.4 Å². The number of nitrogens with one attached hydrogen (secondary N) is 1. The number of ether oxygens (including phenoxy) is 4. The maximum atomic E-state index is 12.7. The molecule has 2 aliphatic rings. The number of halogens is 3. The summed E-state index contributed by atoms with van der Waals surface area (Å²) in [4.78, 5) is 26.1. The van der Waals surface area contributed by atoms with Gasteiger partial charge in [-0.25, -0.2) is 0 Å². The smallest absolute Gasteiger partial charge is 0.446 e. The molecule has 0 saturated carbocycles. The number of amides is 2. The number of likely N-dealkylation sites (tertiary alicyclic amines) is 1. The standard InChI is InChI=1S/C21H22F3NO3S.C13H17NO3/c1-27-17-6-4-7-18(28-2)20(17)16-5-3-8-19(26)25(16)13-14-9-11-15(12-10-14)29-21(22,23)24;1-16-10-6-4-7-11(17-2)13(10)9-5-3-8-12(15)14-9/h4,6-7,9-12,16H,3,5,8,13H2,1-2H3;4,6-7,9H,3,5,8H2,1-2H3,(H,14,15). The Morgan fingerprint density at radius 3 is 1.78 bits per heavy atom. The first-order valence-electron chi connectivity index (χ1n) is 14.9. The van der Waals surface area contributed by atoms with Gasteiger partial charge in [0.15, 0.2) is 0 Å². The zero-order chi connectivity index (χ0) is 33.3. The maximum absolute atomic E-state index is 12.7. The third-order valence-corrected chi connectivity index (χ3v) is 8.66. The SMILES string of the molecule is COc1cccc(OC)c1C1CCCC(=O)N1.COc1cccc(OC)c1C1CCCC(=O)N1Cc1ccc(SC(F)(F)F)cc1. The molecule has 1 N–H and O–H groups in total. The van der Waals surface area contributed by atoms with Gasteiger partial charge in [-0.15, -0.1) is 0 Å². The molecular weight excluding hydrogens is 621 g/mol. The van der Waals surface area contributed by atoms with E-state index in [-0.39, 0.29) is 40.6 Å². The fourth-order valence-corrected chi connectivity index (χ4v) is 6.40. The Bertz CT molecular complexity index is 1440. The summed E-state index contributed by atoms with van der Waals surface area (Å²) < 4.78 is 59.3. The largest absolute Gasteiger partial charge is 0.496 e. The van der Waals surface area contributed by atoms with Crippen LogP contribution in [-0.4, -0.2) is 50.7 Å². The Hall–Kier alpha value is -4.06. The Balaban J connectivity index is 0.000000240. The highest BCUT2D eigenvalue weighted by molar-refractivity contribution is 8.00. The van der Waals surface area contributed by atoms with Gasteiger partial charge in [0.25, 0.3) is 0 Å². The van der Waals surface area contributed by atoms with Crippen LogP contribution in [-0.2, 0) is 16.1 Å². The van der Waals surface area contributed by atoms with Gasteiger partial charge in [0.1, 0.15) is 23.0 Å². The van der Waals surface area contributed by atoms with Crippen molar-refractivity contribution in [3.63, 3.8) is 0 Å². The summed E-state index contributed by atoms with van der Waals surface area (Å²) in [6, 6.07) is 17.0. The quantitative estimate of drug-likeness (QED) is 0.237. The lowest BCUT2D eigenvalue weighted by atomic mass is 9.92. The predicted octanol–water partition coefficient (Wildman–Crippen LogP) is 7.61. The minimum absolute atomic E-state index is 0.00273. The number of alkyl halides is 3. The predicted molar refractivity (Wildman–Crippen MR) is 169 cm³/mol. The van der Waals surface area contributed by atoms with Crippen LogP contribution >= 0.6 is 11.8 Å². The molecule has 5 rings (SSSR count). The number of methoxy groups -OCH3 is 4. The molecule has 0 aromatic heterocycles. The molecule has 0 bridgehead atoms. The monoisotopic (exact) mass is 660 g/mol. The van der Waals surface area contributed by atoms with E-state index in [1.807, 2.05) is 36.4 Å². The maximum Gasteiger partial charge on any atom is 0.446 e. The molecule has 12 heteroatoms. The van der Waals surface area contributed by atoms with Gasteiger partial charge in [-0.2, -0.15) is 13.2 Å². The summed E-state index contributed by atoms with van der Waals surface area (Å²) in [7, 11) is 6.40. The summed E-state index contributed by atoms with van der Waals surface area (Å²) >= 11 is -0.150. The summed E-state index contributed by atoms with van der Waals surface area (Å²) in [5.41, 5.74) is -1.80. The van der Waals surface area contributed by atoms with E-state index in [0.717, 1.165) is 53.9 Å². The highest BCUT2D eigenvalue weighted by Crippen LogP contribution is 2.43. The van der Waals surface area contributed by atoms with Crippen LogP contribution in [0.4, 0.5) is 13.2 Å². The minimum Gasteiger partial charge on any atom is -0.496 e. The second-order valence-corrected chi connectivity index (χ2v) is 11.9. The van der Waals surface area contributed by atoms with E-state index < -0.39 is 5.51 Å². The van der Waals surface area contributed by atoms with E-state index >= 15 is 0 Å². The normalized spacial score (nSPS) is 18.2. The van der Waals surface area contributed by atoms with Crippen LogP contribution in [0.3, 0.4) is 0 Å². The molecule has 2 heterocycles. The fraction of sp³-hybridized carbons (Fsp3) is 0.412. The van der Waals surface area contributed by atoms with Crippen LogP contribution in [0.25, 0.3) is 0 Å². The molecule has 46 heavy (non-hydrogen) atoms. The summed E-state index contributed by atoms with van der Waals surface area (Å²) in [5.74, 6) is 2.90. The van der Waals surface area contributed by atoms with Crippen LogP contribution in [0.1, 0.15) is 67.3 Å². The number of carbonyl (C=O) groups excluding carboxylic acids is 2. The molecule has 2 fully saturated rings. The van der Waals surface area contributed by atoms with E-state index in [2.05, 4.69) is 5.32 Å². The Morgan fingerprint density at radius 2 is 1.28 bits per heavy atom. The van der Waals surface area contributed by atoms with Gasteiger partial charge >= 0.3 is 5.51 Å². The lowest BCUT2D eigenvalue weighted by Crippen LogP contribution is -2.38. The number of hydrogen-bond donors (Lipinski definition) is 1. The first kappa shape index (κ1) is 34.8. The van der Waals surface area contributed by atoms with E-state index in [4.69, 9.17) is 18.9 Å². The number of rotatable bonds is 9. The Morgan fingerprint density at radius 1 is 0.761 bits per heavy atom. The van der Waals surface area contributed by atoms with Gasteiger partial charge in [-0.3, -0.25) is 9.59 Å². The van der Waals surface area contributed by atoms with Gasteiger partial charge in [0.2, 0.25) is 11.8 Å². The number of thioether (sulfide) groups is 1. The van der Waals surface area contributed by atoms with Crippen LogP contribution < -0.4 is 24.3 Å². The van der Waals surface area contributed by atoms with Crippen molar-refractivity contribution in [1.82, 2.24) is 10.2 Å². The third-order valence-electron chi connectivity index (χ3n) is 7.92. The molecular formula is C34H39F3N2O6S. The van der Waals surface area contributed by atoms with E-state index in [9.17, 15) is 22.8 Å². The lowest BCUT2D eigenvalue weighted by Gasteiger charge is -2.37.